The van der Waals surface area contributed by atoms with Crippen molar-refractivity contribution in [3.05, 3.63) is 48.3 Å². The van der Waals surface area contributed by atoms with E-state index in [2.05, 4.69) is 15.3 Å². The normalized spacial score (nSPS) is 19.1. The molecule has 1 aromatic carbocycles. The van der Waals surface area contributed by atoms with Crippen molar-refractivity contribution in [2.45, 2.75) is 24.1 Å². The average Bonchev–Trinajstić information content (AvgIpc) is 3.03. The highest BCUT2D eigenvalue weighted by Crippen LogP contribution is 2.27. The number of amides is 1. The highest BCUT2D eigenvalue weighted by atomic mass is 32.2. The maximum Gasteiger partial charge on any atom is 0.237 e. The molecule has 2 aromatic rings. The third kappa shape index (κ3) is 3.93. The van der Waals surface area contributed by atoms with Crippen LogP contribution in [0.4, 0.5) is 5.69 Å². The van der Waals surface area contributed by atoms with Gasteiger partial charge in [-0.05, 0) is 24.7 Å². The molecule has 0 bridgehead atoms. The van der Waals surface area contributed by atoms with Gasteiger partial charge >= 0.3 is 0 Å². The highest BCUT2D eigenvalue weighted by molar-refractivity contribution is 7.99. The van der Waals surface area contributed by atoms with Crippen LogP contribution in [0.15, 0.2) is 42.7 Å². The van der Waals surface area contributed by atoms with Crippen molar-refractivity contribution in [1.29, 1.82) is 0 Å². The predicted molar refractivity (Wildman–Crippen MR) is 99.3 cm³/mol. The minimum atomic E-state index is -0.153. The second-order valence-corrected chi connectivity index (χ2v) is 7.14. The number of hydrogen-bond acceptors (Lipinski definition) is 4. The lowest BCUT2D eigenvalue weighted by molar-refractivity contribution is -0.121. The standard InChI is InChI=1S/C18H24N4OS/c1-21-13-16(11-19-21)22-10-6-9-15(12-22)20-18(23)17(24-2)14-7-4-3-5-8-14/h3-5,7-8,11,13,15,17H,6,9-10,12H2,1-2H3,(H,20,23). The zero-order chi connectivity index (χ0) is 16.9. The first kappa shape index (κ1) is 16.9. The molecule has 2 unspecified atom stereocenters. The van der Waals surface area contributed by atoms with Gasteiger partial charge in [0.2, 0.25) is 5.91 Å². The Morgan fingerprint density at radius 3 is 2.83 bits per heavy atom. The average molecular weight is 344 g/mol. The second kappa shape index (κ2) is 7.75. The third-order valence-corrected chi connectivity index (χ3v) is 5.36. The third-order valence-electron chi connectivity index (χ3n) is 4.40. The SMILES string of the molecule is CSC(C(=O)NC1CCCN(c2cnn(C)c2)C1)c1ccccc1. The van der Waals surface area contributed by atoms with Gasteiger partial charge in [-0.25, -0.2) is 0 Å². The fraction of sp³-hybridized carbons (Fsp3) is 0.444. The van der Waals surface area contributed by atoms with Crippen molar-refractivity contribution < 1.29 is 4.79 Å². The molecule has 0 saturated carbocycles. The molecule has 6 heteroatoms. The molecule has 1 aliphatic rings. The van der Waals surface area contributed by atoms with Crippen molar-refractivity contribution in [2.24, 2.45) is 7.05 Å². The quantitative estimate of drug-likeness (QED) is 0.906. The molecule has 3 rings (SSSR count). The van der Waals surface area contributed by atoms with E-state index in [9.17, 15) is 4.79 Å². The van der Waals surface area contributed by atoms with Crippen LogP contribution in [0.2, 0.25) is 0 Å². The molecule has 1 amide bonds. The summed E-state index contributed by atoms with van der Waals surface area (Å²) in [5, 5.41) is 7.34. The van der Waals surface area contributed by atoms with Gasteiger partial charge in [0.05, 0.1) is 11.9 Å². The van der Waals surface area contributed by atoms with Crippen molar-refractivity contribution in [3.8, 4) is 0 Å². The lowest BCUT2D eigenvalue weighted by Crippen LogP contribution is -2.48. The molecular formula is C18H24N4OS. The van der Waals surface area contributed by atoms with E-state index in [0.29, 0.717) is 0 Å². The fourth-order valence-corrected chi connectivity index (χ4v) is 3.91. The summed E-state index contributed by atoms with van der Waals surface area (Å²) in [4.78, 5) is 15.0. The minimum Gasteiger partial charge on any atom is -0.367 e. The Kier molecular flexibility index (Phi) is 5.45. The van der Waals surface area contributed by atoms with Gasteiger partial charge in [-0.3, -0.25) is 9.48 Å². The molecule has 1 fully saturated rings. The monoisotopic (exact) mass is 344 g/mol. The summed E-state index contributed by atoms with van der Waals surface area (Å²) < 4.78 is 1.82. The first-order chi connectivity index (χ1) is 11.7. The van der Waals surface area contributed by atoms with Gasteiger partial charge in [0.25, 0.3) is 0 Å². The topological polar surface area (TPSA) is 50.2 Å². The zero-order valence-corrected chi connectivity index (χ0v) is 15.0. The van der Waals surface area contributed by atoms with Crippen LogP contribution in [0.25, 0.3) is 0 Å². The van der Waals surface area contributed by atoms with Gasteiger partial charge in [0.1, 0.15) is 5.25 Å². The van der Waals surface area contributed by atoms with Crippen molar-refractivity contribution in [3.63, 3.8) is 0 Å². The Morgan fingerprint density at radius 2 is 2.17 bits per heavy atom. The smallest absolute Gasteiger partial charge is 0.237 e. The summed E-state index contributed by atoms with van der Waals surface area (Å²) in [5.74, 6) is 0.103. The Bertz CT molecular complexity index is 673. The van der Waals surface area contributed by atoms with Crippen LogP contribution in [-0.2, 0) is 11.8 Å². The van der Waals surface area contributed by atoms with Crippen LogP contribution in [0, 0.1) is 0 Å². The van der Waals surface area contributed by atoms with Gasteiger partial charge in [-0.2, -0.15) is 5.10 Å². The number of carbonyl (C=O) groups excluding carboxylic acids is 1. The fourth-order valence-electron chi connectivity index (χ4n) is 3.20. The zero-order valence-electron chi connectivity index (χ0n) is 14.2. The number of anilines is 1. The van der Waals surface area contributed by atoms with Crippen LogP contribution < -0.4 is 10.2 Å². The Hall–Kier alpha value is -1.95. The maximum absolute atomic E-state index is 12.7. The Morgan fingerprint density at radius 1 is 1.38 bits per heavy atom. The van der Waals surface area contributed by atoms with E-state index in [-0.39, 0.29) is 17.2 Å². The van der Waals surface area contributed by atoms with Crippen LogP contribution in [-0.4, -0.2) is 41.1 Å². The molecule has 0 aliphatic carbocycles. The molecule has 1 N–H and O–H groups in total. The summed E-state index contributed by atoms with van der Waals surface area (Å²) in [6.07, 6.45) is 8.01. The number of hydrogen-bond donors (Lipinski definition) is 1. The van der Waals surface area contributed by atoms with Crippen molar-refractivity contribution in [2.75, 3.05) is 24.2 Å². The van der Waals surface area contributed by atoms with Crippen LogP contribution in [0.5, 0.6) is 0 Å². The first-order valence-corrected chi connectivity index (χ1v) is 9.58. The van der Waals surface area contributed by atoms with Crippen LogP contribution >= 0.6 is 11.8 Å². The summed E-state index contributed by atoms with van der Waals surface area (Å²) in [5.41, 5.74) is 2.18. The minimum absolute atomic E-state index is 0.103. The van der Waals surface area contributed by atoms with Gasteiger partial charge < -0.3 is 10.2 Å². The number of carbonyl (C=O) groups is 1. The second-order valence-electron chi connectivity index (χ2n) is 6.19. The van der Waals surface area contributed by atoms with Crippen LogP contribution in [0.3, 0.4) is 0 Å². The number of aromatic nitrogens is 2. The molecule has 1 aromatic heterocycles. The predicted octanol–water partition coefficient (Wildman–Crippen LogP) is 2.61. The molecule has 5 nitrogen and oxygen atoms in total. The molecule has 1 saturated heterocycles. The Labute approximate surface area is 147 Å². The van der Waals surface area contributed by atoms with E-state index in [0.717, 1.165) is 37.2 Å². The van der Waals surface area contributed by atoms with Gasteiger partial charge in [0, 0.05) is 32.4 Å². The Balaban J connectivity index is 1.63. The summed E-state index contributed by atoms with van der Waals surface area (Å²) in [6, 6.07) is 10.2. The number of piperidine rings is 1. The number of nitrogens with one attached hydrogen (secondary N) is 1. The number of thioether (sulfide) groups is 1. The number of rotatable bonds is 5. The lowest BCUT2D eigenvalue weighted by atomic mass is 10.0. The molecule has 128 valence electrons. The molecule has 0 radical (unpaired) electrons. The highest BCUT2D eigenvalue weighted by Gasteiger charge is 2.26. The van der Waals surface area contributed by atoms with Gasteiger partial charge in [0.15, 0.2) is 0 Å². The summed E-state index contributed by atoms with van der Waals surface area (Å²) >= 11 is 1.58. The largest absolute Gasteiger partial charge is 0.367 e. The van der Waals surface area contributed by atoms with Gasteiger partial charge in [-0.15, -0.1) is 11.8 Å². The lowest BCUT2D eigenvalue weighted by Gasteiger charge is -2.34. The first-order valence-electron chi connectivity index (χ1n) is 8.29. The molecule has 2 atom stereocenters. The number of nitrogens with zero attached hydrogens (tertiary/aromatic N) is 3. The van der Waals surface area contributed by atoms with E-state index >= 15 is 0 Å². The van der Waals surface area contributed by atoms with Gasteiger partial charge in [-0.1, -0.05) is 30.3 Å². The van der Waals surface area contributed by atoms with Crippen molar-refractivity contribution >= 4 is 23.4 Å². The summed E-state index contributed by atoms with van der Waals surface area (Å²) in [7, 11) is 1.93. The molecule has 0 spiro atoms. The van der Waals surface area contributed by atoms with E-state index in [1.165, 1.54) is 0 Å². The molecule has 1 aliphatic heterocycles. The van der Waals surface area contributed by atoms with Crippen molar-refractivity contribution in [1.82, 2.24) is 15.1 Å². The molecule has 24 heavy (non-hydrogen) atoms. The number of aryl methyl sites for hydroxylation is 1. The maximum atomic E-state index is 12.7. The van der Waals surface area contributed by atoms with E-state index < -0.39 is 0 Å². The van der Waals surface area contributed by atoms with Crippen LogP contribution in [0.1, 0.15) is 23.7 Å². The molecule has 2 heterocycles. The summed E-state index contributed by atoms with van der Waals surface area (Å²) in [6.45, 7) is 1.86. The van der Waals surface area contributed by atoms with E-state index in [4.69, 9.17) is 0 Å². The number of benzene rings is 1. The van der Waals surface area contributed by atoms with E-state index in [1.54, 1.807) is 11.8 Å². The molecular weight excluding hydrogens is 320 g/mol. The van der Waals surface area contributed by atoms with E-state index in [1.807, 2.05) is 60.7 Å².